The van der Waals surface area contributed by atoms with E-state index < -0.39 is 23.7 Å². The van der Waals surface area contributed by atoms with Crippen LogP contribution in [0, 0.1) is 11.7 Å². The molecule has 2 atom stereocenters. The van der Waals surface area contributed by atoms with E-state index >= 15 is 0 Å². The zero-order chi connectivity index (χ0) is 14.2. The van der Waals surface area contributed by atoms with Crippen LogP contribution in [0.25, 0.3) is 0 Å². The zero-order valence-electron chi connectivity index (χ0n) is 10.1. The first-order valence-electron chi connectivity index (χ1n) is 5.66. The molecule has 1 aromatic carbocycles. The molecular formula is C12H13ClFNO4. The van der Waals surface area contributed by atoms with Gasteiger partial charge in [0.15, 0.2) is 11.5 Å². The van der Waals surface area contributed by atoms with Crippen LogP contribution in [-0.2, 0) is 4.79 Å². The van der Waals surface area contributed by atoms with Crippen LogP contribution in [0.3, 0.4) is 0 Å². The highest BCUT2D eigenvalue weighted by atomic mass is 35.5. The van der Waals surface area contributed by atoms with Crippen molar-refractivity contribution in [1.82, 2.24) is 5.32 Å². The van der Waals surface area contributed by atoms with E-state index in [0.29, 0.717) is 0 Å². The minimum absolute atomic E-state index is 0.0301. The summed E-state index contributed by atoms with van der Waals surface area (Å²) in [6.07, 6.45) is 0.231. The molecule has 1 aliphatic rings. The van der Waals surface area contributed by atoms with Gasteiger partial charge in [0.05, 0.1) is 18.1 Å². The number of hydrogen-bond donors (Lipinski definition) is 3. The quantitative estimate of drug-likeness (QED) is 0.792. The van der Waals surface area contributed by atoms with Crippen molar-refractivity contribution >= 4 is 17.6 Å². The third-order valence-corrected chi connectivity index (χ3v) is 3.63. The number of aliphatic carboxylic acids is 1. The number of phenolic OH excluding ortho intramolecular Hbond substituents is 1. The topological polar surface area (TPSA) is 78.8 Å². The Morgan fingerprint density at radius 2 is 2.32 bits per heavy atom. The molecule has 2 unspecified atom stereocenters. The Bertz CT molecular complexity index is 523. The Hall–Kier alpha value is -1.53. The number of phenols is 1. The van der Waals surface area contributed by atoms with Crippen LogP contribution >= 0.6 is 11.6 Å². The summed E-state index contributed by atoms with van der Waals surface area (Å²) in [5.41, 5.74) is 0.141. The fourth-order valence-electron chi connectivity index (χ4n) is 2.23. The molecule has 19 heavy (non-hydrogen) atoms. The van der Waals surface area contributed by atoms with Crippen molar-refractivity contribution in [2.24, 2.45) is 5.92 Å². The summed E-state index contributed by atoms with van der Waals surface area (Å²) in [6.45, 7) is 0.245. The van der Waals surface area contributed by atoms with Gasteiger partial charge in [-0.3, -0.25) is 4.79 Å². The molecule has 104 valence electrons. The first kappa shape index (κ1) is 13.9. The molecule has 0 aliphatic carbocycles. The van der Waals surface area contributed by atoms with Gasteiger partial charge in [0, 0.05) is 24.2 Å². The number of carboxylic acid groups (broad SMARTS) is 1. The van der Waals surface area contributed by atoms with Gasteiger partial charge in [0.25, 0.3) is 0 Å². The lowest BCUT2D eigenvalue weighted by Crippen LogP contribution is -2.17. The van der Waals surface area contributed by atoms with Crippen molar-refractivity contribution in [1.29, 1.82) is 0 Å². The van der Waals surface area contributed by atoms with E-state index in [4.69, 9.17) is 21.4 Å². The number of nitrogens with one attached hydrogen (secondary N) is 1. The van der Waals surface area contributed by atoms with E-state index in [1.54, 1.807) is 0 Å². The summed E-state index contributed by atoms with van der Waals surface area (Å²) in [5.74, 6) is -2.54. The zero-order valence-corrected chi connectivity index (χ0v) is 10.9. The van der Waals surface area contributed by atoms with Crippen molar-refractivity contribution in [2.75, 3.05) is 13.7 Å². The summed E-state index contributed by atoms with van der Waals surface area (Å²) in [6, 6.07) is 0.475. The molecule has 3 N–H and O–H groups in total. The molecule has 0 saturated carbocycles. The van der Waals surface area contributed by atoms with Crippen LogP contribution in [0.4, 0.5) is 4.39 Å². The van der Waals surface area contributed by atoms with Crippen molar-refractivity contribution in [3.05, 3.63) is 22.5 Å². The lowest BCUT2D eigenvalue weighted by atomic mass is 9.99. The first-order valence-corrected chi connectivity index (χ1v) is 6.04. The second-order valence-corrected chi connectivity index (χ2v) is 4.75. The van der Waals surface area contributed by atoms with E-state index in [9.17, 15) is 14.3 Å². The SMILES string of the molecule is COc1cc(F)c(Cl)c(C2CC(C(=O)O)CN2)c1O. The van der Waals surface area contributed by atoms with Crippen molar-refractivity contribution in [3.63, 3.8) is 0 Å². The fourth-order valence-corrected chi connectivity index (χ4v) is 2.51. The first-order chi connectivity index (χ1) is 8.95. The third kappa shape index (κ3) is 2.46. The Labute approximate surface area is 113 Å². The number of hydrogen-bond acceptors (Lipinski definition) is 4. The molecule has 2 rings (SSSR count). The predicted molar refractivity (Wildman–Crippen MR) is 66.1 cm³/mol. The Balaban J connectivity index is 2.40. The molecule has 0 spiro atoms. The van der Waals surface area contributed by atoms with Crippen LogP contribution in [-0.4, -0.2) is 29.8 Å². The third-order valence-electron chi connectivity index (χ3n) is 3.24. The van der Waals surface area contributed by atoms with Gasteiger partial charge in [0.2, 0.25) is 0 Å². The fraction of sp³-hybridized carbons (Fsp3) is 0.417. The van der Waals surface area contributed by atoms with Gasteiger partial charge in [-0.2, -0.15) is 0 Å². The van der Waals surface area contributed by atoms with Crippen LogP contribution in [0.2, 0.25) is 5.02 Å². The number of carbonyl (C=O) groups is 1. The van der Waals surface area contributed by atoms with Gasteiger partial charge in [0.1, 0.15) is 5.82 Å². The second kappa shape index (κ2) is 5.22. The maximum Gasteiger partial charge on any atom is 0.307 e. The second-order valence-electron chi connectivity index (χ2n) is 4.37. The number of ether oxygens (including phenoxy) is 1. The van der Waals surface area contributed by atoms with Crippen molar-refractivity contribution < 1.29 is 24.1 Å². The molecule has 1 saturated heterocycles. The van der Waals surface area contributed by atoms with Gasteiger partial charge in [-0.05, 0) is 6.42 Å². The molecule has 1 aromatic rings. The van der Waals surface area contributed by atoms with E-state index in [0.717, 1.165) is 6.07 Å². The number of halogens is 2. The van der Waals surface area contributed by atoms with E-state index in [1.165, 1.54) is 7.11 Å². The molecular weight excluding hydrogens is 277 g/mol. The van der Waals surface area contributed by atoms with Crippen LogP contribution < -0.4 is 10.1 Å². The molecule has 0 aromatic heterocycles. The summed E-state index contributed by atoms with van der Waals surface area (Å²) < 4.78 is 18.5. The summed E-state index contributed by atoms with van der Waals surface area (Å²) in [7, 11) is 1.30. The minimum Gasteiger partial charge on any atom is -0.504 e. The van der Waals surface area contributed by atoms with Crippen LogP contribution in [0.1, 0.15) is 18.0 Å². The van der Waals surface area contributed by atoms with Gasteiger partial charge in [-0.1, -0.05) is 11.6 Å². The molecule has 1 fully saturated rings. The maximum absolute atomic E-state index is 13.6. The Morgan fingerprint density at radius 3 is 2.84 bits per heavy atom. The molecule has 1 heterocycles. The van der Waals surface area contributed by atoms with Gasteiger partial charge in [-0.25, -0.2) is 4.39 Å². The highest BCUT2D eigenvalue weighted by Crippen LogP contribution is 2.43. The molecule has 0 amide bonds. The average molecular weight is 290 g/mol. The number of benzene rings is 1. The monoisotopic (exact) mass is 289 g/mol. The maximum atomic E-state index is 13.6. The summed E-state index contributed by atoms with van der Waals surface area (Å²) >= 11 is 5.86. The number of methoxy groups -OCH3 is 1. The van der Waals surface area contributed by atoms with E-state index in [-0.39, 0.29) is 35.1 Å². The smallest absolute Gasteiger partial charge is 0.307 e. The Kier molecular flexibility index (Phi) is 3.82. The highest BCUT2D eigenvalue weighted by molar-refractivity contribution is 6.31. The molecule has 7 heteroatoms. The normalized spacial score (nSPS) is 22.5. The van der Waals surface area contributed by atoms with Gasteiger partial charge in [-0.15, -0.1) is 0 Å². The molecule has 1 aliphatic heterocycles. The molecule has 0 bridgehead atoms. The van der Waals surface area contributed by atoms with Crippen molar-refractivity contribution in [3.8, 4) is 11.5 Å². The van der Waals surface area contributed by atoms with E-state index in [2.05, 4.69) is 5.32 Å². The van der Waals surface area contributed by atoms with Gasteiger partial charge < -0.3 is 20.3 Å². The number of aromatic hydroxyl groups is 1. The van der Waals surface area contributed by atoms with E-state index in [1.807, 2.05) is 0 Å². The minimum atomic E-state index is -0.936. The van der Waals surface area contributed by atoms with Crippen LogP contribution in [0.5, 0.6) is 11.5 Å². The largest absolute Gasteiger partial charge is 0.504 e. The van der Waals surface area contributed by atoms with Crippen molar-refractivity contribution in [2.45, 2.75) is 12.5 Å². The standard InChI is InChI=1S/C12H13ClFNO4/c1-19-8-3-6(14)10(13)9(11(8)16)7-2-5(4-15-7)12(17)18/h3,5,7,15-16H,2,4H2,1H3,(H,17,18). The Morgan fingerprint density at radius 1 is 1.63 bits per heavy atom. The van der Waals surface area contributed by atoms with Crippen LogP contribution in [0.15, 0.2) is 6.07 Å². The lowest BCUT2D eigenvalue weighted by Gasteiger charge is -2.17. The molecule has 5 nitrogen and oxygen atoms in total. The number of rotatable bonds is 3. The summed E-state index contributed by atoms with van der Waals surface area (Å²) in [4.78, 5) is 10.9. The molecule has 0 radical (unpaired) electrons. The highest BCUT2D eigenvalue weighted by Gasteiger charge is 2.34. The number of carboxylic acids is 1. The summed E-state index contributed by atoms with van der Waals surface area (Å²) in [5, 5.41) is 21.6. The predicted octanol–water partition coefficient (Wildman–Crippen LogP) is 1.93. The lowest BCUT2D eigenvalue weighted by molar-refractivity contribution is -0.141. The average Bonchev–Trinajstić information content (AvgIpc) is 2.83. The van der Waals surface area contributed by atoms with Gasteiger partial charge >= 0.3 is 5.97 Å².